The summed E-state index contributed by atoms with van der Waals surface area (Å²) in [6, 6.07) is 7.30. The molecule has 3 N–H and O–H groups in total. The van der Waals surface area contributed by atoms with Gasteiger partial charge in [-0.25, -0.2) is 4.98 Å². The number of imidazole rings is 1. The van der Waals surface area contributed by atoms with Crippen molar-refractivity contribution in [3.05, 3.63) is 67.0 Å². The van der Waals surface area contributed by atoms with E-state index in [-0.39, 0.29) is 31.6 Å². The molecule has 12 nitrogen and oxygen atoms in total. The lowest BCUT2D eigenvalue weighted by Crippen LogP contribution is -2.58. The van der Waals surface area contributed by atoms with E-state index in [0.29, 0.717) is 19.5 Å². The Bertz CT molecular complexity index is 1210. The van der Waals surface area contributed by atoms with E-state index < -0.39 is 35.4 Å². The van der Waals surface area contributed by atoms with Gasteiger partial charge in [0.05, 0.1) is 32.1 Å². The highest BCUT2D eigenvalue weighted by Crippen LogP contribution is 2.20. The Hall–Kier alpha value is -4.03. The average Bonchev–Trinajstić information content (AvgIpc) is 3.49. The van der Waals surface area contributed by atoms with Crippen LogP contribution in [-0.2, 0) is 37.1 Å². The number of nitrogens with one attached hydrogen (secondary N) is 3. The number of nitrogens with zero attached hydrogens (tertiary/aromatic N) is 4. The molecule has 1 aliphatic rings. The van der Waals surface area contributed by atoms with E-state index in [1.54, 1.807) is 43.8 Å². The zero-order chi connectivity index (χ0) is 30.7. The summed E-state index contributed by atoms with van der Waals surface area (Å²) in [5.74, 6) is -1.55. The smallest absolute Gasteiger partial charge is 0.252 e. The molecular weight excluding hydrogens is 538 g/mol. The summed E-state index contributed by atoms with van der Waals surface area (Å²) < 4.78 is 7.81. The molecule has 0 bridgehead atoms. The van der Waals surface area contributed by atoms with Gasteiger partial charge in [0, 0.05) is 37.9 Å². The molecule has 0 radical (unpaired) electrons. The SMILES string of the molecule is CN[C@@H](C)C(=O)N[C@H](C(=O)NCC(=O)N1C=CN(CCCn2ccnc2)C(=O)[C@@H]1COCc1ccccc1)C(C)(C)C. The maximum Gasteiger partial charge on any atom is 0.252 e. The van der Waals surface area contributed by atoms with Crippen molar-refractivity contribution in [2.45, 2.75) is 65.4 Å². The van der Waals surface area contributed by atoms with Gasteiger partial charge in [0.2, 0.25) is 17.7 Å². The van der Waals surface area contributed by atoms with Gasteiger partial charge in [-0.1, -0.05) is 51.1 Å². The molecule has 228 valence electrons. The van der Waals surface area contributed by atoms with Crippen molar-refractivity contribution in [3.8, 4) is 0 Å². The van der Waals surface area contributed by atoms with Crippen LogP contribution in [0, 0.1) is 5.41 Å². The number of aromatic nitrogens is 2. The van der Waals surface area contributed by atoms with Crippen molar-refractivity contribution < 1.29 is 23.9 Å². The van der Waals surface area contributed by atoms with Crippen LogP contribution >= 0.6 is 0 Å². The minimum Gasteiger partial charge on any atom is -0.374 e. The first-order chi connectivity index (χ1) is 20.0. The van der Waals surface area contributed by atoms with Crippen LogP contribution in [0.5, 0.6) is 0 Å². The minimum atomic E-state index is -0.897. The molecule has 3 rings (SSSR count). The molecule has 3 atom stereocenters. The number of hydrogen-bond acceptors (Lipinski definition) is 7. The van der Waals surface area contributed by atoms with Crippen molar-refractivity contribution in [2.75, 3.05) is 26.7 Å². The lowest BCUT2D eigenvalue weighted by atomic mass is 9.86. The predicted octanol–water partition coefficient (Wildman–Crippen LogP) is 1.26. The second kappa shape index (κ2) is 15.3. The lowest BCUT2D eigenvalue weighted by Gasteiger charge is -2.36. The fourth-order valence-electron chi connectivity index (χ4n) is 4.37. The van der Waals surface area contributed by atoms with Gasteiger partial charge in [-0.15, -0.1) is 0 Å². The number of carbonyl (C=O) groups is 4. The Labute approximate surface area is 247 Å². The Balaban J connectivity index is 1.67. The molecule has 0 unspecified atom stereocenters. The Kier molecular flexibility index (Phi) is 11.8. The normalized spacial score (nSPS) is 16.7. The number of hydrogen-bond donors (Lipinski definition) is 3. The molecule has 4 amide bonds. The maximum atomic E-state index is 13.5. The lowest BCUT2D eigenvalue weighted by molar-refractivity contribution is -0.146. The number of likely N-dealkylation sites (N-methyl/N-ethyl adjacent to an activating group) is 1. The van der Waals surface area contributed by atoms with E-state index in [9.17, 15) is 19.2 Å². The predicted molar refractivity (Wildman–Crippen MR) is 157 cm³/mol. The number of amides is 4. The van der Waals surface area contributed by atoms with E-state index in [4.69, 9.17) is 4.74 Å². The van der Waals surface area contributed by atoms with Crippen LogP contribution in [0.1, 0.15) is 39.7 Å². The summed E-state index contributed by atoms with van der Waals surface area (Å²) >= 11 is 0. The summed E-state index contributed by atoms with van der Waals surface area (Å²) in [7, 11) is 1.66. The van der Waals surface area contributed by atoms with E-state index in [1.807, 2.05) is 61.9 Å². The highest BCUT2D eigenvalue weighted by Gasteiger charge is 2.37. The van der Waals surface area contributed by atoms with Gasteiger partial charge in [0.1, 0.15) is 12.1 Å². The van der Waals surface area contributed by atoms with Gasteiger partial charge in [-0.3, -0.25) is 19.2 Å². The zero-order valence-corrected chi connectivity index (χ0v) is 25.1. The minimum absolute atomic E-state index is 0.0155. The zero-order valence-electron chi connectivity index (χ0n) is 25.1. The van der Waals surface area contributed by atoms with Crippen LogP contribution in [-0.4, -0.2) is 87.8 Å². The first-order valence-electron chi connectivity index (χ1n) is 14.1. The number of ether oxygens (including phenoxy) is 1. The van der Waals surface area contributed by atoms with Crippen molar-refractivity contribution in [1.29, 1.82) is 0 Å². The summed E-state index contributed by atoms with van der Waals surface area (Å²) in [6.07, 6.45) is 9.12. The summed E-state index contributed by atoms with van der Waals surface area (Å²) in [6.45, 7) is 8.25. The van der Waals surface area contributed by atoms with Crippen molar-refractivity contribution in [1.82, 2.24) is 35.3 Å². The van der Waals surface area contributed by atoms with E-state index in [1.165, 1.54) is 4.90 Å². The third kappa shape index (κ3) is 9.25. The van der Waals surface area contributed by atoms with Crippen LogP contribution in [0.3, 0.4) is 0 Å². The van der Waals surface area contributed by atoms with Crippen molar-refractivity contribution in [3.63, 3.8) is 0 Å². The van der Waals surface area contributed by atoms with Crippen LogP contribution in [0.4, 0.5) is 0 Å². The van der Waals surface area contributed by atoms with Gasteiger partial charge >= 0.3 is 0 Å². The third-order valence-corrected chi connectivity index (χ3v) is 7.02. The summed E-state index contributed by atoms with van der Waals surface area (Å²) in [5, 5.41) is 8.27. The van der Waals surface area contributed by atoms with Crippen LogP contribution in [0.2, 0.25) is 0 Å². The maximum absolute atomic E-state index is 13.5. The van der Waals surface area contributed by atoms with Gasteiger partial charge in [-0.05, 0) is 31.4 Å². The second-order valence-electron chi connectivity index (χ2n) is 11.3. The highest BCUT2D eigenvalue weighted by molar-refractivity contribution is 5.94. The Morgan fingerprint density at radius 1 is 1.07 bits per heavy atom. The number of rotatable bonds is 14. The molecule has 2 heterocycles. The number of benzene rings is 1. The molecule has 0 spiro atoms. The Morgan fingerprint density at radius 3 is 2.45 bits per heavy atom. The molecule has 0 aliphatic carbocycles. The molecule has 1 aliphatic heterocycles. The van der Waals surface area contributed by atoms with Crippen LogP contribution in [0.25, 0.3) is 0 Å². The van der Waals surface area contributed by atoms with E-state index >= 15 is 0 Å². The van der Waals surface area contributed by atoms with Gasteiger partial charge in [0.15, 0.2) is 0 Å². The van der Waals surface area contributed by atoms with Crippen LogP contribution in [0.15, 0.2) is 61.5 Å². The third-order valence-electron chi connectivity index (χ3n) is 7.02. The monoisotopic (exact) mass is 581 g/mol. The fourth-order valence-corrected chi connectivity index (χ4v) is 4.37. The highest BCUT2D eigenvalue weighted by atomic mass is 16.5. The van der Waals surface area contributed by atoms with Gasteiger partial charge in [-0.2, -0.15) is 0 Å². The first-order valence-corrected chi connectivity index (χ1v) is 14.1. The molecule has 12 heteroatoms. The van der Waals surface area contributed by atoms with E-state index in [0.717, 1.165) is 5.56 Å². The second-order valence-corrected chi connectivity index (χ2v) is 11.3. The molecular formula is C30H43N7O5. The quantitative estimate of drug-likeness (QED) is 0.305. The Morgan fingerprint density at radius 2 is 1.81 bits per heavy atom. The molecule has 1 aromatic heterocycles. The molecule has 1 aromatic carbocycles. The topological polar surface area (TPSA) is 138 Å². The van der Waals surface area contributed by atoms with E-state index in [2.05, 4.69) is 20.9 Å². The first kappa shape index (κ1) is 32.5. The van der Waals surface area contributed by atoms with Crippen LogP contribution < -0.4 is 16.0 Å². The van der Waals surface area contributed by atoms with Crippen molar-refractivity contribution >= 4 is 23.6 Å². The van der Waals surface area contributed by atoms with Gasteiger partial charge < -0.3 is 35.1 Å². The molecule has 2 aromatic rings. The largest absolute Gasteiger partial charge is 0.374 e. The number of aryl methyl sites for hydroxylation is 1. The van der Waals surface area contributed by atoms with Crippen molar-refractivity contribution in [2.24, 2.45) is 5.41 Å². The van der Waals surface area contributed by atoms with Gasteiger partial charge in [0.25, 0.3) is 5.91 Å². The average molecular weight is 582 g/mol. The summed E-state index contributed by atoms with van der Waals surface area (Å²) in [4.78, 5) is 59.4. The molecule has 0 saturated carbocycles. The molecule has 0 saturated heterocycles. The number of carbonyl (C=O) groups excluding carboxylic acids is 4. The molecule has 0 fully saturated rings. The molecule has 42 heavy (non-hydrogen) atoms. The fraction of sp³-hybridized carbons (Fsp3) is 0.500. The standard InChI is InChI=1S/C30H43N7O5/c1-22(31-5)27(39)34-26(30(2,3)4)28(40)33-18-25(38)37-17-16-36(14-9-13-35-15-12-32-21-35)29(41)24(37)20-42-19-23-10-7-6-8-11-23/h6-8,10-12,15-17,21-22,24,26,31H,9,13-14,18-20H2,1-5H3,(H,33,40)(H,34,39)/t22-,24-,26+/m0/s1. The summed E-state index contributed by atoms with van der Waals surface area (Å²) in [5.41, 5.74) is 0.337.